The third-order valence-corrected chi connectivity index (χ3v) is 28.4. The first-order valence-corrected chi connectivity index (χ1v) is 48.0. The van der Waals surface area contributed by atoms with Crippen LogP contribution in [0.5, 0.6) is 0 Å². The summed E-state index contributed by atoms with van der Waals surface area (Å²) in [5.74, 6) is 1.55. The largest absolute Gasteiger partial charge is 0.481 e. The molecule has 3 unspecified atom stereocenters. The van der Waals surface area contributed by atoms with E-state index in [0.717, 1.165) is 113 Å². The molecule has 9 N–H and O–H groups in total. The fourth-order valence-electron chi connectivity index (χ4n) is 16.7. The van der Waals surface area contributed by atoms with E-state index in [1.807, 2.05) is 73.8 Å². The molecule has 9 aromatic rings. The highest BCUT2D eigenvalue weighted by molar-refractivity contribution is 8.01. The number of halogens is 6. The molecular formula is C106H128F6N6O10S3. The number of carbonyl (C=O) groups is 7. The number of aryl methyl sites for hydroxylation is 3. The number of aliphatic carboxylic acids is 1. The number of methoxy groups -OCH3 is 1. The number of ether oxygens (including phenoxy) is 1. The molecule has 25 heteroatoms. The molecule has 0 bridgehead atoms. The molecule has 2 aliphatic heterocycles. The van der Waals surface area contributed by atoms with Crippen LogP contribution in [0, 0.1) is 30.2 Å². The fraction of sp³-hybridized carbons (Fsp3) is 0.415. The maximum Gasteiger partial charge on any atom is 0.446 e. The highest BCUT2D eigenvalue weighted by atomic mass is 32.2. The van der Waals surface area contributed by atoms with E-state index < -0.39 is 42.0 Å². The summed E-state index contributed by atoms with van der Waals surface area (Å²) in [6.07, 6.45) is 7.45. The minimum atomic E-state index is -4.64. The van der Waals surface area contributed by atoms with Gasteiger partial charge in [-0.2, -0.15) is 26.3 Å². The van der Waals surface area contributed by atoms with Crippen LogP contribution in [0.15, 0.2) is 255 Å². The number of ketones is 1. The number of nitrogens with zero attached hydrogens (tertiary/aromatic N) is 2. The lowest BCUT2D eigenvalue weighted by Crippen LogP contribution is -2.52. The summed E-state index contributed by atoms with van der Waals surface area (Å²) in [5.41, 5.74) is 21.0. The molecule has 0 spiro atoms. The summed E-state index contributed by atoms with van der Waals surface area (Å²) >= 11 is 5.46. The van der Waals surface area contributed by atoms with Gasteiger partial charge in [0.05, 0.1) is 45.0 Å². The van der Waals surface area contributed by atoms with Crippen LogP contribution in [0.1, 0.15) is 222 Å². The van der Waals surface area contributed by atoms with Crippen LogP contribution in [-0.4, -0.2) is 124 Å². The first-order chi connectivity index (χ1) is 62.5. The van der Waals surface area contributed by atoms with Crippen LogP contribution in [0.3, 0.4) is 0 Å². The third-order valence-electron chi connectivity index (χ3n) is 23.9. The molecule has 131 heavy (non-hydrogen) atoms. The number of carboxylic acid groups (broad SMARTS) is 1. The van der Waals surface area contributed by atoms with Crippen LogP contribution in [-0.2, 0) is 67.1 Å². The minimum Gasteiger partial charge on any atom is -0.481 e. The zero-order valence-corrected chi connectivity index (χ0v) is 78.3. The molecule has 9 aromatic carbocycles. The second kappa shape index (κ2) is 55.4. The molecule has 5 aliphatic rings. The number of fused-ring (bicyclic) bond motifs is 4. The van der Waals surface area contributed by atoms with Crippen molar-refractivity contribution in [2.75, 3.05) is 31.0 Å². The Morgan fingerprint density at radius 1 is 0.542 bits per heavy atom. The molecule has 2 fully saturated rings. The van der Waals surface area contributed by atoms with Gasteiger partial charge in [-0.3, -0.25) is 28.8 Å². The average Bonchev–Trinajstić information content (AvgIpc) is 1.45. The van der Waals surface area contributed by atoms with E-state index in [0.29, 0.717) is 25.2 Å². The number of thioether (sulfide) groups is 3. The molecule has 3 aliphatic carbocycles. The van der Waals surface area contributed by atoms with E-state index in [1.54, 1.807) is 30.7 Å². The summed E-state index contributed by atoms with van der Waals surface area (Å²) in [6, 6.07) is 87.9. The van der Waals surface area contributed by atoms with E-state index >= 15 is 0 Å². The number of benzene rings is 9. The lowest BCUT2D eigenvalue weighted by molar-refractivity contribution is -0.159. The van der Waals surface area contributed by atoms with Crippen LogP contribution >= 0.6 is 35.3 Å². The Morgan fingerprint density at radius 2 is 0.924 bits per heavy atom. The van der Waals surface area contributed by atoms with Crippen molar-refractivity contribution in [3.63, 3.8) is 0 Å². The smallest absolute Gasteiger partial charge is 0.446 e. The van der Waals surface area contributed by atoms with Gasteiger partial charge in [-0.05, 0) is 194 Å². The molecule has 10 atom stereocenters. The monoisotopic (exact) mass is 1850 g/mol. The predicted octanol–water partition coefficient (Wildman–Crippen LogP) is 23.2. The molecule has 2 heterocycles. The number of alkyl halides is 6. The Labute approximate surface area is 782 Å². The predicted molar refractivity (Wildman–Crippen MR) is 516 cm³/mol. The molecular weight excluding hydrogens is 1730 g/mol. The lowest BCUT2D eigenvalue weighted by atomic mass is 9.84. The molecule has 702 valence electrons. The van der Waals surface area contributed by atoms with Crippen LogP contribution < -0.4 is 22.5 Å². The molecule has 14 rings (SSSR count). The number of aliphatic hydroxyl groups excluding tert-OH is 1. The van der Waals surface area contributed by atoms with Gasteiger partial charge in [0.2, 0.25) is 30.0 Å². The van der Waals surface area contributed by atoms with Gasteiger partial charge < -0.3 is 52.0 Å². The van der Waals surface area contributed by atoms with Gasteiger partial charge in [-0.25, -0.2) is 6.57 Å². The summed E-state index contributed by atoms with van der Waals surface area (Å²) in [4.78, 5) is 88.3. The van der Waals surface area contributed by atoms with E-state index in [1.165, 1.54) is 73.2 Å². The van der Waals surface area contributed by atoms with Crippen molar-refractivity contribution in [2.24, 2.45) is 29.4 Å². The Kier molecular flexibility index (Phi) is 45.6. The molecule has 0 saturated carbocycles. The van der Waals surface area contributed by atoms with Crippen LogP contribution in [0.4, 0.5) is 26.3 Å². The van der Waals surface area contributed by atoms with E-state index in [4.69, 9.17) is 26.9 Å². The number of aldehydes is 2. The van der Waals surface area contributed by atoms with Crippen molar-refractivity contribution in [3.8, 4) is 0 Å². The second-order valence-corrected chi connectivity index (χ2v) is 37.5. The number of hydrogen-bond donors (Lipinski definition) is 6. The van der Waals surface area contributed by atoms with Gasteiger partial charge >= 0.3 is 18.3 Å². The standard InChI is InChI=1S/C42H49NO3S.C24H24O2S.C19H25N3O2S.C11H11N.C6H12O.C2H3F3O.C2HF3O.H3N/c1-31(28-29-47-42(35-18-7-4-8-19-35,36-20-9-5-10-21-36)37-22-11-6-12-23-37)40(44)30-34(27-26-32(2)46-3)41(45)43-39-25-15-17-33-16-13-14-24-38(33)39;1-19(23(25)26)17-18-27-24(20-11-5-2-6-12-20,21-13-7-3-8-14-21)22-15-9-4-10-16-22;20-14-10-11-25-17-9-8-16(22(17)19(14)24)18(23)21-15-7-3-5-12-4-1-2-6-13(12)15;1-12-11-8-4-6-9-5-2-3-7-10(9)11;1-6(2)4-3-5-7;2*3-2(4,5)1-6;/h4-14,16,18-24,31-32,34,39H,15,17,25-30H2,1-3H3,(H,43,45);2-16,19H,17-18H2,1H3,(H,25,26);1-2,4,6,14-17H,3,5,7-11,20H2,(H,21,23);2-3,5,7,11H,4,6,8H2;5-6H,3-4H2,1-2H3;6H,1H2;1H;1H3/t31-,32?,34?,39+;19-;14-,15+,16?,17-;11-;;;;/m0001..../s1. The summed E-state index contributed by atoms with van der Waals surface area (Å²) in [5, 5.41) is 23.2. The zero-order chi connectivity index (χ0) is 94.1. The van der Waals surface area contributed by atoms with Gasteiger partial charge in [0.1, 0.15) is 24.7 Å². The quantitative estimate of drug-likeness (QED) is 0.0110. The number of aliphatic hydroxyl groups is 1. The lowest BCUT2D eigenvalue weighted by Gasteiger charge is -2.36. The second-order valence-electron chi connectivity index (χ2n) is 33.6. The van der Waals surface area contributed by atoms with Gasteiger partial charge in [0, 0.05) is 43.8 Å². The molecule has 16 nitrogen and oxygen atoms in total. The molecule has 0 aromatic heterocycles. The van der Waals surface area contributed by atoms with Crippen LogP contribution in [0.2, 0.25) is 0 Å². The normalized spacial score (nSPS) is 18.1. The first-order valence-electron chi connectivity index (χ1n) is 45.0. The number of nitrogens with one attached hydrogen (secondary N) is 2. The van der Waals surface area contributed by atoms with Gasteiger partial charge in [-0.1, -0.05) is 282 Å². The summed E-state index contributed by atoms with van der Waals surface area (Å²) < 4.78 is 67.6. The third kappa shape index (κ3) is 32.9. The van der Waals surface area contributed by atoms with Crippen molar-refractivity contribution >= 4 is 77.3 Å². The van der Waals surface area contributed by atoms with E-state index in [-0.39, 0.29) is 94.2 Å². The Balaban J connectivity index is 0.000000238. The Bertz CT molecular complexity index is 4770. The number of hydrogen-bond acceptors (Lipinski definition) is 14. The van der Waals surface area contributed by atoms with Crippen molar-refractivity contribution in [3.05, 3.63) is 333 Å². The number of nitrogens with two attached hydrogens (primary N) is 1. The highest BCUT2D eigenvalue weighted by Crippen LogP contribution is 2.51. The number of carbonyl (C=O) groups excluding carboxylic acids is 6. The number of Topliss-reactive ketones (excluding diaryl/α,β-unsaturated/α-hetero) is 1. The number of rotatable bonds is 29. The topological polar surface area (TPSA) is 262 Å². The Morgan fingerprint density at radius 3 is 1.30 bits per heavy atom. The van der Waals surface area contributed by atoms with Crippen molar-refractivity contribution in [1.29, 1.82) is 0 Å². The fourth-order valence-corrected chi connectivity index (χ4v) is 21.4. The maximum atomic E-state index is 13.8. The average molecular weight is 1860 g/mol. The Hall–Kier alpha value is -10.2. The van der Waals surface area contributed by atoms with Crippen molar-refractivity contribution < 1.29 is 74.9 Å². The number of carboxylic acids is 1. The SMILES string of the molecule is CC(C)CCC=O.COC(C)CCC(CC(=O)[C@@H](C)CCSC(c1ccccc1)(c1ccccc1)c1ccccc1)C(=O)N[C@@H]1CCCc2ccccc21.C[C@@H](CCSC(c1ccccc1)(c1ccccc1)c1ccccc1)C(=O)O.N.N[C@H]1CCS[C@H]2CCC(C(=O)N[C@@H]3CCCc4ccccc43)N2C1=O.O=CC(F)(F)F.OCC(F)(F)F.[C-]#[N+][C@@H]1CCCc2ccccc21. The van der Waals surface area contributed by atoms with Gasteiger partial charge in [-0.15, -0.1) is 35.3 Å². The number of amides is 3. The van der Waals surface area contributed by atoms with Crippen molar-refractivity contribution in [1.82, 2.24) is 21.7 Å². The van der Waals surface area contributed by atoms with Gasteiger partial charge in [0.25, 0.3) is 0 Å². The summed E-state index contributed by atoms with van der Waals surface area (Å²) in [7, 11) is 1.70. The molecule has 2 saturated heterocycles. The molecule has 3 amide bonds. The van der Waals surface area contributed by atoms with Crippen LogP contribution in [0.25, 0.3) is 4.85 Å². The van der Waals surface area contributed by atoms with Gasteiger partial charge in [0.15, 0.2) is 0 Å². The summed E-state index contributed by atoms with van der Waals surface area (Å²) in [6.45, 7) is 15.4. The van der Waals surface area contributed by atoms with Crippen molar-refractivity contribution in [2.45, 2.75) is 220 Å². The molecule has 0 radical (unpaired) electrons. The van der Waals surface area contributed by atoms with E-state index in [2.05, 4.69) is 248 Å². The van der Waals surface area contributed by atoms with E-state index in [9.17, 15) is 60.2 Å². The first kappa shape index (κ1) is 108. The zero-order valence-electron chi connectivity index (χ0n) is 75.8. The highest BCUT2D eigenvalue weighted by Gasteiger charge is 2.46. The maximum absolute atomic E-state index is 13.8. The minimum absolute atomic E-state index is 0.